The summed E-state index contributed by atoms with van der Waals surface area (Å²) in [5, 5.41) is 14.5. The molecule has 0 spiro atoms. The van der Waals surface area contributed by atoms with Gasteiger partial charge in [0.05, 0.1) is 5.56 Å². The first-order chi connectivity index (χ1) is 10.2. The third-order valence-corrected chi connectivity index (χ3v) is 3.21. The second kappa shape index (κ2) is 7.41. The normalized spacial score (nSPS) is 9.71. The molecule has 6 heteroatoms. The molecule has 0 atom stereocenters. The fourth-order valence-corrected chi connectivity index (χ4v) is 1.89. The van der Waals surface area contributed by atoms with Gasteiger partial charge in [-0.15, -0.1) is 0 Å². The molecule has 2 aromatic rings. The third-order valence-electron chi connectivity index (χ3n) is 2.68. The maximum absolute atomic E-state index is 11.8. The Morgan fingerprint density at radius 3 is 2.62 bits per heavy atom. The van der Waals surface area contributed by atoms with E-state index < -0.39 is 0 Å². The maximum atomic E-state index is 11.8. The van der Waals surface area contributed by atoms with Crippen LogP contribution in [0.1, 0.15) is 12.0 Å². The second-order valence-electron chi connectivity index (χ2n) is 4.28. The second-order valence-corrected chi connectivity index (χ2v) is 5.19. The molecule has 0 aliphatic heterocycles. The Hall–Kier alpha value is -2.39. The van der Waals surface area contributed by atoms with Gasteiger partial charge in [-0.25, -0.2) is 4.98 Å². The summed E-state index contributed by atoms with van der Waals surface area (Å²) >= 11 is 3.34. The zero-order valence-corrected chi connectivity index (χ0v) is 12.7. The number of amides is 1. The van der Waals surface area contributed by atoms with Gasteiger partial charge in [0.1, 0.15) is 11.9 Å². The van der Waals surface area contributed by atoms with Crippen molar-refractivity contribution in [2.45, 2.75) is 6.42 Å². The monoisotopic (exact) mass is 344 g/mol. The lowest BCUT2D eigenvalue weighted by atomic mass is 10.3. The van der Waals surface area contributed by atoms with Crippen molar-refractivity contribution >= 4 is 33.3 Å². The van der Waals surface area contributed by atoms with Crippen LogP contribution in [0.2, 0.25) is 0 Å². The Kier molecular flexibility index (Phi) is 5.29. The predicted molar refractivity (Wildman–Crippen MR) is 84.8 cm³/mol. The molecule has 0 bridgehead atoms. The molecule has 21 heavy (non-hydrogen) atoms. The fraction of sp³-hybridized carbons (Fsp3) is 0.133. The Balaban J connectivity index is 1.76. The van der Waals surface area contributed by atoms with Gasteiger partial charge in [0.2, 0.25) is 5.91 Å². The number of pyridine rings is 1. The molecule has 1 aromatic carbocycles. The minimum Gasteiger partial charge on any atom is -0.370 e. The number of benzene rings is 1. The number of hydrogen-bond donors (Lipinski definition) is 2. The van der Waals surface area contributed by atoms with Gasteiger partial charge in [0.25, 0.3) is 0 Å². The summed E-state index contributed by atoms with van der Waals surface area (Å²) in [7, 11) is 0. The Labute approximate surface area is 131 Å². The summed E-state index contributed by atoms with van der Waals surface area (Å²) in [6.45, 7) is 0.473. The molecule has 2 rings (SSSR count). The van der Waals surface area contributed by atoms with E-state index in [1.807, 2.05) is 30.3 Å². The first-order valence-corrected chi connectivity index (χ1v) is 7.12. The minimum atomic E-state index is -0.0709. The van der Waals surface area contributed by atoms with E-state index in [0.717, 1.165) is 10.2 Å². The molecule has 0 aliphatic carbocycles. The highest BCUT2D eigenvalue weighted by Gasteiger charge is 2.02. The van der Waals surface area contributed by atoms with Crippen molar-refractivity contribution in [1.82, 2.24) is 4.98 Å². The molecule has 5 nitrogen and oxygen atoms in total. The molecule has 0 saturated heterocycles. The molecule has 1 aromatic heterocycles. The van der Waals surface area contributed by atoms with E-state index >= 15 is 0 Å². The molecular formula is C15H13BrN4O. The van der Waals surface area contributed by atoms with Crippen LogP contribution in [0.4, 0.5) is 11.5 Å². The van der Waals surface area contributed by atoms with Crippen molar-refractivity contribution in [2.75, 3.05) is 17.2 Å². The first kappa shape index (κ1) is 15.0. The number of nitrogens with zero attached hydrogens (tertiary/aromatic N) is 2. The zero-order chi connectivity index (χ0) is 15.1. The fourth-order valence-electron chi connectivity index (χ4n) is 1.63. The number of halogens is 1. The van der Waals surface area contributed by atoms with Crippen LogP contribution in [-0.4, -0.2) is 17.4 Å². The lowest BCUT2D eigenvalue weighted by Crippen LogP contribution is -2.16. The summed E-state index contributed by atoms with van der Waals surface area (Å²) in [5.74, 6) is 0.573. The highest BCUT2D eigenvalue weighted by Crippen LogP contribution is 2.14. The number of aromatic nitrogens is 1. The van der Waals surface area contributed by atoms with Crippen LogP contribution < -0.4 is 10.6 Å². The molecule has 0 fully saturated rings. The largest absolute Gasteiger partial charge is 0.370 e. The van der Waals surface area contributed by atoms with E-state index in [-0.39, 0.29) is 5.91 Å². The lowest BCUT2D eigenvalue weighted by molar-refractivity contribution is -0.115. The van der Waals surface area contributed by atoms with Crippen molar-refractivity contribution in [3.63, 3.8) is 0 Å². The third kappa shape index (κ3) is 4.89. The molecule has 0 unspecified atom stereocenters. The topological polar surface area (TPSA) is 77.8 Å². The number of carbonyl (C=O) groups excluding carboxylic acids is 1. The van der Waals surface area contributed by atoms with E-state index in [1.54, 1.807) is 12.1 Å². The van der Waals surface area contributed by atoms with Crippen LogP contribution in [0.3, 0.4) is 0 Å². The molecule has 2 N–H and O–H groups in total. The minimum absolute atomic E-state index is 0.0709. The van der Waals surface area contributed by atoms with E-state index in [2.05, 4.69) is 31.5 Å². The molecule has 0 radical (unpaired) electrons. The summed E-state index contributed by atoms with van der Waals surface area (Å²) in [6, 6.07) is 12.8. The molecule has 0 aliphatic rings. The van der Waals surface area contributed by atoms with Gasteiger partial charge in [-0.2, -0.15) is 5.26 Å². The van der Waals surface area contributed by atoms with Crippen LogP contribution in [0.25, 0.3) is 0 Å². The number of hydrogen-bond acceptors (Lipinski definition) is 4. The number of rotatable bonds is 5. The molecule has 106 valence electrons. The smallest absolute Gasteiger partial charge is 0.226 e. The van der Waals surface area contributed by atoms with Gasteiger partial charge in [0, 0.05) is 29.3 Å². The van der Waals surface area contributed by atoms with Gasteiger partial charge >= 0.3 is 0 Å². The molecule has 0 saturated carbocycles. The standard InChI is InChI=1S/C15H13BrN4O/c16-12-2-4-13(5-3-12)20-15(21)7-8-18-14-6-1-11(9-17)10-19-14/h1-6,10H,7-8H2,(H,18,19)(H,20,21). The summed E-state index contributed by atoms with van der Waals surface area (Å²) in [4.78, 5) is 15.8. The Bertz CT molecular complexity index is 647. The van der Waals surface area contributed by atoms with Crippen molar-refractivity contribution in [2.24, 2.45) is 0 Å². The summed E-state index contributed by atoms with van der Waals surface area (Å²) in [6.07, 6.45) is 1.82. The van der Waals surface area contributed by atoms with Crippen LogP contribution in [0.5, 0.6) is 0 Å². The van der Waals surface area contributed by atoms with Gasteiger partial charge in [-0.1, -0.05) is 15.9 Å². The molecular weight excluding hydrogens is 332 g/mol. The number of nitriles is 1. The van der Waals surface area contributed by atoms with Crippen molar-refractivity contribution in [1.29, 1.82) is 5.26 Å². The van der Waals surface area contributed by atoms with E-state index in [9.17, 15) is 4.79 Å². The van der Waals surface area contributed by atoms with Crippen LogP contribution in [-0.2, 0) is 4.79 Å². The zero-order valence-electron chi connectivity index (χ0n) is 11.1. The van der Waals surface area contributed by atoms with E-state index in [1.165, 1.54) is 6.20 Å². The lowest BCUT2D eigenvalue weighted by Gasteiger charge is -2.07. The number of carbonyl (C=O) groups is 1. The Morgan fingerprint density at radius 1 is 1.24 bits per heavy atom. The highest BCUT2D eigenvalue weighted by molar-refractivity contribution is 9.10. The predicted octanol–water partition coefficient (Wildman–Crippen LogP) is 3.16. The number of anilines is 2. The van der Waals surface area contributed by atoms with E-state index in [0.29, 0.717) is 24.3 Å². The van der Waals surface area contributed by atoms with E-state index in [4.69, 9.17) is 5.26 Å². The molecule has 1 heterocycles. The highest BCUT2D eigenvalue weighted by atomic mass is 79.9. The van der Waals surface area contributed by atoms with Crippen molar-refractivity contribution in [3.8, 4) is 6.07 Å². The van der Waals surface area contributed by atoms with Crippen molar-refractivity contribution in [3.05, 3.63) is 52.6 Å². The van der Waals surface area contributed by atoms with Crippen LogP contribution in [0.15, 0.2) is 47.1 Å². The van der Waals surface area contributed by atoms with Crippen LogP contribution >= 0.6 is 15.9 Å². The van der Waals surface area contributed by atoms with Gasteiger partial charge < -0.3 is 10.6 Å². The summed E-state index contributed by atoms with van der Waals surface area (Å²) < 4.78 is 0.967. The first-order valence-electron chi connectivity index (χ1n) is 6.33. The van der Waals surface area contributed by atoms with Crippen LogP contribution in [0, 0.1) is 11.3 Å². The van der Waals surface area contributed by atoms with Gasteiger partial charge in [0.15, 0.2) is 0 Å². The maximum Gasteiger partial charge on any atom is 0.226 e. The van der Waals surface area contributed by atoms with Crippen molar-refractivity contribution < 1.29 is 4.79 Å². The molecule has 1 amide bonds. The summed E-state index contributed by atoms with van der Waals surface area (Å²) in [5.41, 5.74) is 1.27. The van der Waals surface area contributed by atoms with Gasteiger partial charge in [-0.05, 0) is 36.4 Å². The Morgan fingerprint density at radius 2 is 2.00 bits per heavy atom. The average Bonchev–Trinajstić information content (AvgIpc) is 2.50. The quantitative estimate of drug-likeness (QED) is 0.873. The number of nitrogens with one attached hydrogen (secondary N) is 2. The average molecular weight is 345 g/mol. The van der Waals surface area contributed by atoms with Gasteiger partial charge in [-0.3, -0.25) is 4.79 Å². The SMILES string of the molecule is N#Cc1ccc(NCCC(=O)Nc2ccc(Br)cc2)nc1.